The molecule has 150 valence electrons. The normalized spacial score (nSPS) is 11.3. The van der Waals surface area contributed by atoms with E-state index in [1.807, 2.05) is 51.1 Å². The van der Waals surface area contributed by atoms with Crippen molar-refractivity contribution in [1.29, 1.82) is 0 Å². The average molecular weight is 415 g/mol. The van der Waals surface area contributed by atoms with Gasteiger partial charge in [-0.05, 0) is 26.8 Å². The van der Waals surface area contributed by atoms with Gasteiger partial charge >= 0.3 is 0 Å². The first-order valence-corrected chi connectivity index (χ1v) is 9.18. The minimum absolute atomic E-state index is 0.0290. The molecule has 2 aromatic carbocycles. The van der Waals surface area contributed by atoms with Crippen molar-refractivity contribution in [2.24, 2.45) is 0 Å². The van der Waals surface area contributed by atoms with E-state index in [1.54, 1.807) is 0 Å². The third-order valence-corrected chi connectivity index (χ3v) is 4.57. The minimum Gasteiger partial charge on any atom is -0.337 e. The Morgan fingerprint density at radius 1 is 1.21 bits per heavy atom. The number of benzene rings is 2. The molecule has 0 spiro atoms. The van der Waals surface area contributed by atoms with Crippen molar-refractivity contribution >= 4 is 23.2 Å². The fourth-order valence-electron chi connectivity index (χ4n) is 2.71. The van der Waals surface area contributed by atoms with Crippen LogP contribution in [-0.4, -0.2) is 31.4 Å². The summed E-state index contributed by atoms with van der Waals surface area (Å²) in [6.07, 6.45) is 0. The molecule has 1 aromatic heterocycles. The molecule has 0 atom stereocenters. The molecule has 3 aromatic rings. The Kier molecular flexibility index (Phi) is 5.65. The first kappa shape index (κ1) is 20.5. The number of nitro benzene ring substituents is 1. The van der Waals surface area contributed by atoms with Crippen LogP contribution in [0.5, 0.6) is 0 Å². The molecule has 29 heavy (non-hydrogen) atoms. The number of carbonyl (C=O) groups excluding carboxylic acids is 1. The number of nitro groups is 1. The lowest BCUT2D eigenvalue weighted by Gasteiger charge is -2.34. The number of halogens is 1. The van der Waals surface area contributed by atoms with E-state index in [-0.39, 0.29) is 28.7 Å². The summed E-state index contributed by atoms with van der Waals surface area (Å²) in [4.78, 5) is 29.6. The highest BCUT2D eigenvalue weighted by Crippen LogP contribution is 2.27. The monoisotopic (exact) mass is 414 g/mol. The van der Waals surface area contributed by atoms with Crippen LogP contribution in [0.15, 0.2) is 53.1 Å². The Morgan fingerprint density at radius 3 is 2.52 bits per heavy atom. The zero-order valence-electron chi connectivity index (χ0n) is 16.1. The van der Waals surface area contributed by atoms with Gasteiger partial charge in [-0.15, -0.1) is 0 Å². The first-order valence-electron chi connectivity index (χ1n) is 8.81. The number of hydrogen-bond donors (Lipinski definition) is 0. The van der Waals surface area contributed by atoms with Crippen molar-refractivity contribution in [3.63, 3.8) is 0 Å². The number of carbonyl (C=O) groups is 1. The van der Waals surface area contributed by atoms with Crippen LogP contribution in [0.2, 0.25) is 5.02 Å². The predicted octanol–water partition coefficient (Wildman–Crippen LogP) is 4.74. The number of aromatic nitrogens is 2. The summed E-state index contributed by atoms with van der Waals surface area (Å²) >= 11 is 6.16. The quantitative estimate of drug-likeness (QED) is 0.441. The Morgan fingerprint density at radius 2 is 1.90 bits per heavy atom. The van der Waals surface area contributed by atoms with Crippen molar-refractivity contribution in [3.8, 4) is 11.4 Å². The molecule has 0 unspecified atom stereocenters. The summed E-state index contributed by atoms with van der Waals surface area (Å²) in [5.41, 5.74) is -0.0147. The van der Waals surface area contributed by atoms with E-state index in [9.17, 15) is 14.9 Å². The van der Waals surface area contributed by atoms with Gasteiger partial charge in [0.1, 0.15) is 6.54 Å². The second-order valence-electron chi connectivity index (χ2n) is 7.36. The van der Waals surface area contributed by atoms with E-state index in [1.165, 1.54) is 23.1 Å². The van der Waals surface area contributed by atoms with E-state index in [0.717, 1.165) is 5.56 Å². The van der Waals surface area contributed by atoms with Gasteiger partial charge in [-0.25, -0.2) is 0 Å². The summed E-state index contributed by atoms with van der Waals surface area (Å²) in [5.74, 6) is 0.189. The van der Waals surface area contributed by atoms with Crippen LogP contribution in [0.4, 0.5) is 5.69 Å². The van der Waals surface area contributed by atoms with Crippen LogP contribution in [0.25, 0.3) is 11.4 Å². The van der Waals surface area contributed by atoms with Crippen molar-refractivity contribution in [2.75, 3.05) is 0 Å². The molecule has 1 amide bonds. The molecule has 8 nitrogen and oxygen atoms in total. The van der Waals surface area contributed by atoms with Gasteiger partial charge in [-0.2, -0.15) is 4.98 Å². The van der Waals surface area contributed by atoms with E-state index < -0.39 is 16.4 Å². The number of hydrogen-bond acceptors (Lipinski definition) is 6. The van der Waals surface area contributed by atoms with Crippen LogP contribution in [0.1, 0.15) is 37.0 Å². The first-order chi connectivity index (χ1) is 13.7. The van der Waals surface area contributed by atoms with Crippen LogP contribution in [-0.2, 0) is 6.54 Å². The molecule has 0 bridgehead atoms. The highest BCUT2D eigenvalue weighted by molar-refractivity contribution is 6.34. The molecule has 0 saturated heterocycles. The van der Waals surface area contributed by atoms with E-state index in [2.05, 4.69) is 10.1 Å². The van der Waals surface area contributed by atoms with Crippen LogP contribution < -0.4 is 0 Å². The Bertz CT molecular complexity index is 1040. The predicted molar refractivity (Wildman–Crippen MR) is 107 cm³/mol. The van der Waals surface area contributed by atoms with Gasteiger partial charge in [0.2, 0.25) is 11.7 Å². The molecule has 3 rings (SSSR count). The Hall–Kier alpha value is -3.26. The molecular formula is C20H19ClN4O4. The number of amides is 1. The molecule has 0 radical (unpaired) electrons. The number of nitrogens with zero attached hydrogens (tertiary/aromatic N) is 4. The van der Waals surface area contributed by atoms with Crippen LogP contribution >= 0.6 is 11.6 Å². The van der Waals surface area contributed by atoms with Gasteiger partial charge in [-0.3, -0.25) is 14.9 Å². The van der Waals surface area contributed by atoms with Crippen molar-refractivity contribution < 1.29 is 14.2 Å². The summed E-state index contributed by atoms with van der Waals surface area (Å²) in [6, 6.07) is 13.1. The lowest BCUT2D eigenvalue weighted by atomic mass is 10.0. The second kappa shape index (κ2) is 8.00. The highest BCUT2D eigenvalue weighted by Gasteiger charge is 2.31. The molecule has 0 N–H and O–H groups in total. The molecular weight excluding hydrogens is 396 g/mol. The Labute approximate surface area is 172 Å². The minimum atomic E-state index is -0.633. The maximum atomic E-state index is 13.2. The van der Waals surface area contributed by atoms with Gasteiger partial charge < -0.3 is 9.42 Å². The van der Waals surface area contributed by atoms with E-state index in [4.69, 9.17) is 16.1 Å². The van der Waals surface area contributed by atoms with Gasteiger partial charge in [0.15, 0.2) is 0 Å². The van der Waals surface area contributed by atoms with Gasteiger partial charge in [-0.1, -0.05) is 47.1 Å². The maximum Gasteiger partial charge on any atom is 0.270 e. The van der Waals surface area contributed by atoms with E-state index >= 15 is 0 Å². The Balaban J connectivity index is 1.92. The zero-order chi connectivity index (χ0) is 21.2. The maximum absolute atomic E-state index is 13.2. The van der Waals surface area contributed by atoms with Crippen molar-refractivity contribution in [2.45, 2.75) is 32.9 Å². The topological polar surface area (TPSA) is 102 Å². The summed E-state index contributed by atoms with van der Waals surface area (Å²) in [6.45, 7) is 5.54. The fraction of sp³-hybridized carbons (Fsp3) is 0.250. The third-order valence-electron chi connectivity index (χ3n) is 4.24. The standard InChI is InChI=1S/C20H19ClN4O4/c1-20(2,3)24(19(26)15-11-14(25(27)28)9-10-16(15)21)12-17-22-18(23-29-17)13-7-5-4-6-8-13/h4-11H,12H2,1-3H3. The van der Waals surface area contributed by atoms with Gasteiger partial charge in [0, 0.05) is 23.2 Å². The third kappa shape index (κ3) is 4.60. The highest BCUT2D eigenvalue weighted by atomic mass is 35.5. The molecule has 0 aliphatic carbocycles. The van der Waals surface area contributed by atoms with Crippen LogP contribution in [0.3, 0.4) is 0 Å². The second-order valence-corrected chi connectivity index (χ2v) is 7.77. The fourth-order valence-corrected chi connectivity index (χ4v) is 2.91. The van der Waals surface area contributed by atoms with Crippen molar-refractivity contribution in [1.82, 2.24) is 15.0 Å². The molecule has 1 heterocycles. The lowest BCUT2D eigenvalue weighted by molar-refractivity contribution is -0.384. The van der Waals surface area contributed by atoms with Gasteiger partial charge in [0.05, 0.1) is 15.5 Å². The molecule has 0 aliphatic rings. The lowest BCUT2D eigenvalue weighted by Crippen LogP contribution is -2.45. The molecule has 0 saturated carbocycles. The largest absolute Gasteiger partial charge is 0.337 e. The molecule has 0 aliphatic heterocycles. The average Bonchev–Trinajstić information content (AvgIpc) is 3.14. The summed E-state index contributed by atoms with van der Waals surface area (Å²) < 4.78 is 5.33. The number of non-ortho nitro benzene ring substituents is 1. The smallest absolute Gasteiger partial charge is 0.270 e. The number of rotatable bonds is 5. The SMILES string of the molecule is CC(C)(C)N(Cc1nc(-c2ccccc2)no1)C(=O)c1cc([N+](=O)[O-])ccc1Cl. The molecule has 0 fully saturated rings. The molecule has 9 heteroatoms. The zero-order valence-corrected chi connectivity index (χ0v) is 16.9. The van der Waals surface area contributed by atoms with Gasteiger partial charge in [0.25, 0.3) is 11.6 Å². The summed E-state index contributed by atoms with van der Waals surface area (Å²) in [5, 5.41) is 15.2. The van der Waals surface area contributed by atoms with Crippen LogP contribution in [0, 0.1) is 10.1 Å². The van der Waals surface area contributed by atoms with Crippen molar-refractivity contribution in [3.05, 3.63) is 75.1 Å². The summed E-state index contributed by atoms with van der Waals surface area (Å²) in [7, 11) is 0. The van der Waals surface area contributed by atoms with E-state index in [0.29, 0.717) is 5.82 Å².